The normalized spacial score (nSPS) is 15.4. The van der Waals surface area contributed by atoms with Gasteiger partial charge in [0, 0.05) is 30.8 Å². The Labute approximate surface area is 186 Å². The minimum atomic E-state index is -3.28. The van der Waals surface area contributed by atoms with Gasteiger partial charge in [-0.1, -0.05) is 18.2 Å². The maximum atomic E-state index is 12.0. The first kappa shape index (κ1) is 20.6. The fourth-order valence-electron chi connectivity index (χ4n) is 4.05. The second kappa shape index (κ2) is 7.99. The fraction of sp³-hybridized carbons (Fsp3) is 0.261. The summed E-state index contributed by atoms with van der Waals surface area (Å²) < 4.78 is 23.9. The van der Waals surface area contributed by atoms with E-state index in [1.165, 1.54) is 6.26 Å². The average molecular weight is 449 g/mol. The van der Waals surface area contributed by atoms with Crippen LogP contribution in [0.3, 0.4) is 0 Å². The van der Waals surface area contributed by atoms with Gasteiger partial charge in [0.15, 0.2) is 9.84 Å². The number of nitrogens with one attached hydrogen (secondary N) is 1. The van der Waals surface area contributed by atoms with Crippen molar-refractivity contribution in [2.45, 2.75) is 23.8 Å². The van der Waals surface area contributed by atoms with Crippen LogP contribution in [0.2, 0.25) is 0 Å². The number of fused-ring (bicyclic) bond motifs is 1. The van der Waals surface area contributed by atoms with Gasteiger partial charge >= 0.3 is 0 Å². The van der Waals surface area contributed by atoms with Crippen LogP contribution in [0.25, 0.3) is 33.4 Å². The number of hydrogen-bond donors (Lipinski definition) is 2. The molecule has 0 atom stereocenters. The Kier molecular flexibility index (Phi) is 5.15. The average Bonchev–Trinajstić information content (AvgIpc) is 3.22. The lowest BCUT2D eigenvalue weighted by Crippen LogP contribution is -2.40. The highest BCUT2D eigenvalue weighted by Crippen LogP contribution is 2.31. The Morgan fingerprint density at radius 1 is 1.06 bits per heavy atom. The SMILES string of the molecule is CS(=O)(=O)c1cccc(-c2ccc3[nH]nc(-c4cncc(N5CCC(N)CC5)n4)c3c2)c1. The second-order valence-corrected chi connectivity index (χ2v) is 10.2. The number of nitrogens with zero attached hydrogens (tertiary/aromatic N) is 4. The standard InChI is InChI=1S/C23H24N6O2S/c1-32(30,31)18-4-2-3-15(11-18)16-5-6-20-19(12-16)23(28-27-20)21-13-25-14-22(26-21)29-9-7-17(24)8-10-29/h2-6,11-14,17H,7-10,24H2,1H3,(H,27,28). The smallest absolute Gasteiger partial charge is 0.175 e. The summed E-state index contributed by atoms with van der Waals surface area (Å²) in [4.78, 5) is 11.7. The van der Waals surface area contributed by atoms with Crippen LogP contribution in [-0.4, -0.2) is 54.0 Å². The van der Waals surface area contributed by atoms with E-state index in [1.807, 2.05) is 24.3 Å². The lowest BCUT2D eigenvalue weighted by atomic mass is 10.0. The van der Waals surface area contributed by atoms with Crippen LogP contribution in [0.4, 0.5) is 5.82 Å². The number of sulfone groups is 1. The van der Waals surface area contributed by atoms with Crippen LogP contribution in [0, 0.1) is 0 Å². The molecule has 0 spiro atoms. The number of nitrogens with two attached hydrogens (primary N) is 1. The number of H-pyrrole nitrogens is 1. The third-order valence-corrected chi connectivity index (χ3v) is 7.00. The molecule has 2 aromatic heterocycles. The Hall–Kier alpha value is -3.30. The molecule has 164 valence electrons. The second-order valence-electron chi connectivity index (χ2n) is 8.22. The van der Waals surface area contributed by atoms with E-state index in [4.69, 9.17) is 10.7 Å². The highest BCUT2D eigenvalue weighted by molar-refractivity contribution is 7.90. The third kappa shape index (κ3) is 3.96. The van der Waals surface area contributed by atoms with Gasteiger partial charge in [-0.2, -0.15) is 5.10 Å². The van der Waals surface area contributed by atoms with Crippen LogP contribution in [0.1, 0.15) is 12.8 Å². The topological polar surface area (TPSA) is 118 Å². The van der Waals surface area contributed by atoms with Crippen LogP contribution in [0.15, 0.2) is 59.8 Å². The molecule has 4 aromatic rings. The zero-order valence-electron chi connectivity index (χ0n) is 17.7. The van der Waals surface area contributed by atoms with E-state index < -0.39 is 9.84 Å². The van der Waals surface area contributed by atoms with Crippen molar-refractivity contribution < 1.29 is 8.42 Å². The molecule has 1 fully saturated rings. The molecule has 0 bridgehead atoms. The van der Waals surface area contributed by atoms with Crippen molar-refractivity contribution in [3.05, 3.63) is 54.9 Å². The zero-order chi connectivity index (χ0) is 22.3. The Morgan fingerprint density at radius 3 is 2.62 bits per heavy atom. The lowest BCUT2D eigenvalue weighted by molar-refractivity contribution is 0.498. The number of anilines is 1. The minimum Gasteiger partial charge on any atom is -0.355 e. The molecule has 5 rings (SSSR count). The molecule has 0 radical (unpaired) electrons. The number of aromatic nitrogens is 4. The molecule has 1 saturated heterocycles. The summed E-state index contributed by atoms with van der Waals surface area (Å²) in [6.07, 6.45) is 6.58. The molecule has 0 saturated carbocycles. The minimum absolute atomic E-state index is 0.247. The Balaban J connectivity index is 1.54. The molecule has 1 aliphatic heterocycles. The van der Waals surface area contributed by atoms with Gasteiger partial charge in [0.25, 0.3) is 0 Å². The molecule has 1 aliphatic rings. The Morgan fingerprint density at radius 2 is 1.84 bits per heavy atom. The first-order chi connectivity index (χ1) is 15.4. The summed E-state index contributed by atoms with van der Waals surface area (Å²) in [6, 6.07) is 13.1. The van der Waals surface area contributed by atoms with E-state index in [1.54, 1.807) is 30.6 Å². The van der Waals surface area contributed by atoms with Crippen LogP contribution in [-0.2, 0) is 9.84 Å². The van der Waals surface area contributed by atoms with Crippen molar-refractivity contribution >= 4 is 26.6 Å². The molecule has 2 aromatic carbocycles. The van der Waals surface area contributed by atoms with Crippen molar-refractivity contribution in [1.82, 2.24) is 20.2 Å². The highest BCUT2D eigenvalue weighted by Gasteiger charge is 2.19. The van der Waals surface area contributed by atoms with Gasteiger partial charge in [-0.15, -0.1) is 0 Å². The van der Waals surface area contributed by atoms with E-state index in [2.05, 4.69) is 20.1 Å². The predicted molar refractivity (Wildman–Crippen MR) is 125 cm³/mol. The monoisotopic (exact) mass is 448 g/mol. The number of hydrogen-bond acceptors (Lipinski definition) is 7. The van der Waals surface area contributed by atoms with Gasteiger partial charge in [0.2, 0.25) is 0 Å². The molecule has 3 N–H and O–H groups in total. The molecule has 8 nitrogen and oxygen atoms in total. The Bertz CT molecular complexity index is 1390. The van der Waals surface area contributed by atoms with Crippen LogP contribution >= 0.6 is 0 Å². The third-order valence-electron chi connectivity index (χ3n) is 5.89. The summed E-state index contributed by atoms with van der Waals surface area (Å²) >= 11 is 0. The number of piperidine rings is 1. The van der Waals surface area contributed by atoms with E-state index >= 15 is 0 Å². The molecule has 3 heterocycles. The van der Waals surface area contributed by atoms with Gasteiger partial charge in [-0.05, 0) is 48.2 Å². The molecule has 9 heteroatoms. The summed E-state index contributed by atoms with van der Waals surface area (Å²) in [7, 11) is -3.28. The van der Waals surface area contributed by atoms with E-state index in [-0.39, 0.29) is 6.04 Å². The maximum Gasteiger partial charge on any atom is 0.175 e. The van der Waals surface area contributed by atoms with Gasteiger partial charge in [0.05, 0.1) is 22.8 Å². The van der Waals surface area contributed by atoms with E-state index in [0.717, 1.165) is 53.8 Å². The fourth-order valence-corrected chi connectivity index (χ4v) is 4.71. The molecule has 0 aliphatic carbocycles. The number of benzene rings is 2. The van der Waals surface area contributed by atoms with Gasteiger partial charge in [-0.25, -0.2) is 13.4 Å². The quantitative estimate of drug-likeness (QED) is 0.493. The number of aromatic amines is 1. The summed E-state index contributed by atoms with van der Waals surface area (Å²) in [5.41, 5.74) is 10.0. The molecule has 32 heavy (non-hydrogen) atoms. The molecule has 0 unspecified atom stereocenters. The van der Waals surface area contributed by atoms with Crippen molar-refractivity contribution in [2.75, 3.05) is 24.2 Å². The summed E-state index contributed by atoms with van der Waals surface area (Å²) in [6.45, 7) is 1.73. The van der Waals surface area contributed by atoms with Gasteiger partial charge in [0.1, 0.15) is 17.2 Å². The van der Waals surface area contributed by atoms with Crippen molar-refractivity contribution in [2.24, 2.45) is 5.73 Å². The maximum absolute atomic E-state index is 12.0. The number of rotatable bonds is 4. The molecular formula is C23H24N6O2S. The molecule has 0 amide bonds. The molecular weight excluding hydrogens is 424 g/mol. The highest BCUT2D eigenvalue weighted by atomic mass is 32.2. The van der Waals surface area contributed by atoms with Crippen LogP contribution in [0.5, 0.6) is 0 Å². The summed E-state index contributed by atoms with van der Waals surface area (Å²) in [5.74, 6) is 0.822. The summed E-state index contributed by atoms with van der Waals surface area (Å²) in [5, 5.41) is 8.46. The van der Waals surface area contributed by atoms with Crippen LogP contribution < -0.4 is 10.6 Å². The first-order valence-corrected chi connectivity index (χ1v) is 12.4. The van der Waals surface area contributed by atoms with E-state index in [9.17, 15) is 8.42 Å². The van der Waals surface area contributed by atoms with Gasteiger partial charge < -0.3 is 10.6 Å². The lowest BCUT2D eigenvalue weighted by Gasteiger charge is -2.30. The predicted octanol–water partition coefficient (Wildman–Crippen LogP) is 3.02. The van der Waals surface area contributed by atoms with Crippen molar-refractivity contribution in [3.63, 3.8) is 0 Å². The zero-order valence-corrected chi connectivity index (χ0v) is 18.5. The van der Waals surface area contributed by atoms with Gasteiger partial charge in [-0.3, -0.25) is 10.1 Å². The van der Waals surface area contributed by atoms with E-state index in [0.29, 0.717) is 16.3 Å². The first-order valence-electron chi connectivity index (χ1n) is 10.5. The van der Waals surface area contributed by atoms with Crippen molar-refractivity contribution in [3.8, 4) is 22.5 Å². The largest absolute Gasteiger partial charge is 0.355 e. The van der Waals surface area contributed by atoms with Crippen molar-refractivity contribution in [1.29, 1.82) is 0 Å².